The summed E-state index contributed by atoms with van der Waals surface area (Å²) in [4.78, 5) is 23.4. The largest absolute Gasteiger partial charge is 0.480 e. The van der Waals surface area contributed by atoms with Crippen LogP contribution in [0.1, 0.15) is 52.0 Å². The van der Waals surface area contributed by atoms with E-state index in [1.807, 2.05) is 32.0 Å². The molecule has 0 saturated carbocycles. The maximum absolute atomic E-state index is 11.9. The molecule has 0 spiro atoms. The third kappa shape index (κ3) is 7.84. The molecule has 0 saturated heterocycles. The van der Waals surface area contributed by atoms with E-state index in [-0.39, 0.29) is 6.42 Å². The van der Waals surface area contributed by atoms with Gasteiger partial charge >= 0.3 is 12.1 Å². The average Bonchev–Trinajstić information content (AvgIpc) is 2.52. The van der Waals surface area contributed by atoms with Crippen LogP contribution in [0.15, 0.2) is 24.3 Å². The second kappa shape index (κ2) is 10.1. The van der Waals surface area contributed by atoms with Crippen molar-refractivity contribution in [2.24, 2.45) is 0 Å². The number of alkyl carbamates (subject to hydrolysis) is 1. The van der Waals surface area contributed by atoms with Gasteiger partial charge in [-0.1, -0.05) is 24.3 Å². The van der Waals surface area contributed by atoms with Crippen molar-refractivity contribution in [3.63, 3.8) is 0 Å². The van der Waals surface area contributed by atoms with Crippen LogP contribution in [0.25, 0.3) is 0 Å². The van der Waals surface area contributed by atoms with Crippen molar-refractivity contribution in [2.45, 2.75) is 59.0 Å². The van der Waals surface area contributed by atoms with E-state index in [9.17, 15) is 14.7 Å². The Kier molecular flexibility index (Phi) is 8.54. The fraction of sp³-hybridized carbons (Fsp3) is 0.579. The maximum Gasteiger partial charge on any atom is 0.408 e. The van der Waals surface area contributed by atoms with Crippen molar-refractivity contribution in [2.75, 3.05) is 13.2 Å². The van der Waals surface area contributed by atoms with E-state index in [0.29, 0.717) is 13.2 Å². The monoisotopic (exact) mass is 367 g/mol. The van der Waals surface area contributed by atoms with Gasteiger partial charge in [0.1, 0.15) is 11.6 Å². The molecule has 0 aliphatic heterocycles. The lowest BCUT2D eigenvalue weighted by atomic mass is 10.0. The number of hydrogen-bond donors (Lipinski definition) is 2. The molecule has 1 aromatic carbocycles. The van der Waals surface area contributed by atoms with Crippen molar-refractivity contribution in [3.05, 3.63) is 35.4 Å². The highest BCUT2D eigenvalue weighted by Crippen LogP contribution is 2.21. The SMILES string of the molecule is CCOC(OCC)c1cccc(CC(NC(=O)OC(C)(C)C)C(=O)O)c1. The Morgan fingerprint density at radius 3 is 2.27 bits per heavy atom. The number of rotatable bonds is 9. The highest BCUT2D eigenvalue weighted by molar-refractivity contribution is 5.80. The van der Waals surface area contributed by atoms with Crippen LogP contribution in [0.5, 0.6) is 0 Å². The van der Waals surface area contributed by atoms with Crippen molar-refractivity contribution in [3.8, 4) is 0 Å². The molecule has 0 aromatic heterocycles. The smallest absolute Gasteiger partial charge is 0.408 e. The van der Waals surface area contributed by atoms with E-state index < -0.39 is 30.0 Å². The van der Waals surface area contributed by atoms with Gasteiger partial charge in [-0.15, -0.1) is 0 Å². The molecule has 0 radical (unpaired) electrons. The lowest BCUT2D eigenvalue weighted by Gasteiger charge is -2.22. The van der Waals surface area contributed by atoms with Crippen molar-refractivity contribution >= 4 is 12.1 Å². The molecule has 1 atom stereocenters. The molecule has 26 heavy (non-hydrogen) atoms. The fourth-order valence-electron chi connectivity index (χ4n) is 2.30. The Bertz CT molecular complexity index is 590. The quantitative estimate of drug-likeness (QED) is 0.651. The van der Waals surface area contributed by atoms with Crippen LogP contribution in [-0.4, -0.2) is 42.0 Å². The molecule has 7 heteroatoms. The molecule has 1 rings (SSSR count). The number of aliphatic carboxylic acids is 1. The van der Waals surface area contributed by atoms with Gasteiger partial charge in [0.05, 0.1) is 0 Å². The van der Waals surface area contributed by atoms with Gasteiger partial charge in [-0.2, -0.15) is 0 Å². The Morgan fingerprint density at radius 1 is 1.15 bits per heavy atom. The summed E-state index contributed by atoms with van der Waals surface area (Å²) in [7, 11) is 0. The zero-order chi connectivity index (χ0) is 19.7. The number of hydrogen-bond acceptors (Lipinski definition) is 5. The summed E-state index contributed by atoms with van der Waals surface area (Å²) >= 11 is 0. The number of carboxylic acids is 1. The van der Waals surface area contributed by atoms with Gasteiger partial charge in [0.25, 0.3) is 0 Å². The predicted molar refractivity (Wildman–Crippen MR) is 96.9 cm³/mol. The summed E-state index contributed by atoms with van der Waals surface area (Å²) in [5.74, 6) is -1.13. The molecule has 146 valence electrons. The van der Waals surface area contributed by atoms with E-state index in [0.717, 1.165) is 11.1 Å². The number of ether oxygens (including phenoxy) is 3. The van der Waals surface area contributed by atoms with Crippen LogP contribution in [0.4, 0.5) is 4.79 Å². The van der Waals surface area contributed by atoms with Crippen LogP contribution in [0.2, 0.25) is 0 Å². The topological polar surface area (TPSA) is 94.1 Å². The van der Waals surface area contributed by atoms with Gasteiger partial charge in [-0.05, 0) is 40.2 Å². The highest BCUT2D eigenvalue weighted by Gasteiger charge is 2.24. The first-order valence-electron chi connectivity index (χ1n) is 8.70. The summed E-state index contributed by atoms with van der Waals surface area (Å²) in [6.07, 6.45) is -1.15. The van der Waals surface area contributed by atoms with Crippen molar-refractivity contribution in [1.29, 1.82) is 0 Å². The molecule has 2 N–H and O–H groups in total. The predicted octanol–water partition coefficient (Wildman–Crippen LogP) is 3.28. The van der Waals surface area contributed by atoms with Crippen molar-refractivity contribution < 1.29 is 28.9 Å². The fourth-order valence-corrected chi connectivity index (χ4v) is 2.30. The average molecular weight is 367 g/mol. The zero-order valence-corrected chi connectivity index (χ0v) is 16.1. The molecule has 7 nitrogen and oxygen atoms in total. The summed E-state index contributed by atoms with van der Waals surface area (Å²) < 4.78 is 16.3. The van der Waals surface area contributed by atoms with Gasteiger partial charge in [-0.25, -0.2) is 9.59 Å². The van der Waals surface area contributed by atoms with E-state index >= 15 is 0 Å². The van der Waals surface area contributed by atoms with Gasteiger partial charge in [-0.3, -0.25) is 0 Å². The van der Waals surface area contributed by atoms with Gasteiger partial charge in [0, 0.05) is 25.2 Å². The van der Waals surface area contributed by atoms with E-state index in [2.05, 4.69) is 5.32 Å². The molecule has 1 aromatic rings. The van der Waals surface area contributed by atoms with Crippen LogP contribution in [0.3, 0.4) is 0 Å². The van der Waals surface area contributed by atoms with E-state index in [1.54, 1.807) is 26.8 Å². The third-order valence-corrected chi connectivity index (χ3v) is 3.29. The minimum absolute atomic E-state index is 0.118. The minimum Gasteiger partial charge on any atom is -0.480 e. The second-order valence-electron chi connectivity index (χ2n) is 6.73. The van der Waals surface area contributed by atoms with Gasteiger partial charge < -0.3 is 24.6 Å². The molecular formula is C19H29NO6. The molecule has 0 fully saturated rings. The summed E-state index contributed by atoms with van der Waals surface area (Å²) in [5.41, 5.74) is 0.845. The number of amides is 1. The van der Waals surface area contributed by atoms with Crippen LogP contribution >= 0.6 is 0 Å². The minimum atomic E-state index is -1.13. The first kappa shape index (κ1) is 21.9. The zero-order valence-electron chi connectivity index (χ0n) is 16.1. The lowest BCUT2D eigenvalue weighted by molar-refractivity contribution is -0.140. The molecule has 0 aliphatic carbocycles. The van der Waals surface area contributed by atoms with Crippen LogP contribution in [0, 0.1) is 0 Å². The molecule has 1 unspecified atom stereocenters. The number of carbonyl (C=O) groups excluding carboxylic acids is 1. The number of carboxylic acid groups (broad SMARTS) is 1. The molecule has 0 aliphatic rings. The lowest BCUT2D eigenvalue weighted by Crippen LogP contribution is -2.44. The standard InChI is InChI=1S/C19H29NO6/c1-6-24-17(25-7-2)14-10-8-9-13(11-14)12-15(16(21)22)20-18(23)26-19(3,4)5/h8-11,15,17H,6-7,12H2,1-5H3,(H,20,23)(H,21,22). The Hall–Kier alpha value is -2.12. The van der Waals surface area contributed by atoms with Crippen LogP contribution in [-0.2, 0) is 25.4 Å². The Morgan fingerprint density at radius 2 is 1.77 bits per heavy atom. The van der Waals surface area contributed by atoms with E-state index in [4.69, 9.17) is 14.2 Å². The number of benzene rings is 1. The first-order chi connectivity index (χ1) is 12.2. The molecule has 0 bridgehead atoms. The summed E-state index contributed by atoms with van der Waals surface area (Å²) in [5, 5.41) is 11.8. The summed E-state index contributed by atoms with van der Waals surface area (Å²) in [6.45, 7) is 9.89. The first-order valence-corrected chi connectivity index (χ1v) is 8.70. The third-order valence-electron chi connectivity index (χ3n) is 3.29. The van der Waals surface area contributed by atoms with E-state index in [1.165, 1.54) is 0 Å². The summed E-state index contributed by atoms with van der Waals surface area (Å²) in [6, 6.07) is 6.18. The maximum atomic E-state index is 11.9. The number of nitrogens with one attached hydrogen (secondary N) is 1. The van der Waals surface area contributed by atoms with Gasteiger partial charge in [0.2, 0.25) is 0 Å². The highest BCUT2D eigenvalue weighted by atomic mass is 16.7. The normalized spacial score (nSPS) is 12.7. The molecule has 1 amide bonds. The molecule has 0 heterocycles. The number of carbonyl (C=O) groups is 2. The Labute approximate surface area is 154 Å². The van der Waals surface area contributed by atoms with Crippen molar-refractivity contribution in [1.82, 2.24) is 5.32 Å². The molecular weight excluding hydrogens is 338 g/mol. The Balaban J connectivity index is 2.87. The second-order valence-corrected chi connectivity index (χ2v) is 6.73. The van der Waals surface area contributed by atoms with Crippen LogP contribution < -0.4 is 5.32 Å². The van der Waals surface area contributed by atoms with Gasteiger partial charge in [0.15, 0.2) is 6.29 Å².